The number of aromatic nitrogens is 4. The van der Waals surface area contributed by atoms with Gasteiger partial charge in [0, 0.05) is 28.4 Å². The van der Waals surface area contributed by atoms with Crippen LogP contribution in [0.1, 0.15) is 25.5 Å². The minimum absolute atomic E-state index is 0.161. The van der Waals surface area contributed by atoms with Crippen LogP contribution in [0.4, 0.5) is 16.3 Å². The molecule has 0 aliphatic carbocycles. The van der Waals surface area contributed by atoms with Crippen molar-refractivity contribution in [1.82, 2.24) is 25.0 Å². The molecular formula is C21H18Cl3N7O. The van der Waals surface area contributed by atoms with E-state index in [0.717, 1.165) is 17.0 Å². The predicted octanol–water partition coefficient (Wildman–Crippen LogP) is 6.02. The zero-order valence-electron chi connectivity index (χ0n) is 17.0. The second kappa shape index (κ2) is 9.20. The van der Waals surface area contributed by atoms with Crippen LogP contribution >= 0.6 is 34.8 Å². The van der Waals surface area contributed by atoms with Gasteiger partial charge >= 0.3 is 6.03 Å². The van der Waals surface area contributed by atoms with Gasteiger partial charge < -0.3 is 5.32 Å². The van der Waals surface area contributed by atoms with Crippen LogP contribution in [-0.2, 0) is 0 Å². The molecule has 4 aromatic rings. The zero-order chi connectivity index (χ0) is 22.8. The zero-order valence-corrected chi connectivity index (χ0v) is 19.3. The molecule has 3 heterocycles. The number of rotatable bonds is 5. The molecule has 0 spiro atoms. The largest absolute Gasteiger partial charge is 0.337 e. The van der Waals surface area contributed by atoms with Crippen LogP contribution < -0.4 is 16.2 Å². The minimum Gasteiger partial charge on any atom is -0.306 e. The number of anilines is 2. The molecule has 0 fully saturated rings. The van der Waals surface area contributed by atoms with Gasteiger partial charge in [0.1, 0.15) is 16.1 Å². The molecular weight excluding hydrogens is 473 g/mol. The fraction of sp³-hybridized carbons (Fsp3) is 0.143. The Kier molecular flexibility index (Phi) is 6.36. The monoisotopic (exact) mass is 489 g/mol. The molecule has 8 nitrogen and oxygen atoms in total. The Morgan fingerprint density at radius 3 is 2.31 bits per heavy atom. The van der Waals surface area contributed by atoms with Crippen molar-refractivity contribution < 1.29 is 4.79 Å². The normalized spacial score (nSPS) is 11.1. The van der Waals surface area contributed by atoms with Crippen molar-refractivity contribution in [3.63, 3.8) is 0 Å². The highest BCUT2D eigenvalue weighted by molar-refractivity contribution is 6.33. The van der Waals surface area contributed by atoms with Gasteiger partial charge in [-0.3, -0.25) is 10.9 Å². The van der Waals surface area contributed by atoms with Crippen molar-refractivity contribution in [2.24, 2.45) is 0 Å². The lowest BCUT2D eigenvalue weighted by Crippen LogP contribution is -2.34. The molecule has 4 rings (SSSR count). The van der Waals surface area contributed by atoms with Crippen LogP contribution in [0.3, 0.4) is 0 Å². The summed E-state index contributed by atoms with van der Waals surface area (Å²) in [6.45, 7) is 4.11. The first kappa shape index (κ1) is 22.1. The summed E-state index contributed by atoms with van der Waals surface area (Å²) in [4.78, 5) is 20.7. The van der Waals surface area contributed by atoms with E-state index in [9.17, 15) is 4.79 Å². The molecule has 11 heteroatoms. The Morgan fingerprint density at radius 1 is 0.969 bits per heavy atom. The SMILES string of the molecule is CC(C)c1cc(NNC(=O)Nc2cc(Cl)nc(Cl)c2)nc2cc(-c3ccc(Cl)cc3)nn12. The average Bonchev–Trinajstić information content (AvgIpc) is 3.15. The summed E-state index contributed by atoms with van der Waals surface area (Å²) in [6, 6.07) is 13.6. The second-order valence-electron chi connectivity index (χ2n) is 7.23. The summed E-state index contributed by atoms with van der Waals surface area (Å²) < 4.78 is 1.79. The van der Waals surface area contributed by atoms with Gasteiger partial charge in [0.15, 0.2) is 5.65 Å². The molecule has 0 atom stereocenters. The summed E-state index contributed by atoms with van der Waals surface area (Å²) in [6.07, 6.45) is 0. The molecule has 164 valence electrons. The molecule has 0 bridgehead atoms. The van der Waals surface area contributed by atoms with Gasteiger partial charge in [0.05, 0.1) is 11.4 Å². The Hall–Kier alpha value is -3.07. The number of fused-ring (bicyclic) bond motifs is 1. The highest BCUT2D eigenvalue weighted by Gasteiger charge is 2.14. The third kappa shape index (κ3) is 5.04. The van der Waals surface area contributed by atoms with Gasteiger partial charge in [-0.1, -0.05) is 60.8 Å². The number of urea groups is 1. The van der Waals surface area contributed by atoms with Crippen LogP contribution in [0.15, 0.2) is 48.5 Å². The van der Waals surface area contributed by atoms with Crippen LogP contribution in [-0.4, -0.2) is 25.6 Å². The van der Waals surface area contributed by atoms with Gasteiger partial charge in [-0.2, -0.15) is 5.10 Å². The van der Waals surface area contributed by atoms with Crippen molar-refractivity contribution in [3.8, 4) is 11.3 Å². The van der Waals surface area contributed by atoms with Crippen LogP contribution in [0.5, 0.6) is 0 Å². The maximum atomic E-state index is 12.3. The number of benzene rings is 1. The smallest absolute Gasteiger partial charge is 0.306 e. The topological polar surface area (TPSA) is 96.2 Å². The van der Waals surface area contributed by atoms with E-state index in [2.05, 4.69) is 40.0 Å². The summed E-state index contributed by atoms with van der Waals surface area (Å²) in [5, 5.41) is 8.32. The quantitative estimate of drug-likeness (QED) is 0.235. The van der Waals surface area contributed by atoms with Gasteiger partial charge in [-0.05, 0) is 30.2 Å². The first-order valence-electron chi connectivity index (χ1n) is 9.61. The number of hydrazine groups is 1. The number of hydrogen-bond acceptors (Lipinski definition) is 5. The van der Waals surface area contributed by atoms with E-state index in [1.807, 2.05) is 36.4 Å². The third-order valence-electron chi connectivity index (χ3n) is 4.51. The maximum absolute atomic E-state index is 12.3. The predicted molar refractivity (Wildman–Crippen MR) is 128 cm³/mol. The van der Waals surface area contributed by atoms with E-state index in [4.69, 9.17) is 39.9 Å². The molecule has 0 saturated carbocycles. The Labute approximate surface area is 198 Å². The van der Waals surface area contributed by atoms with E-state index in [-0.39, 0.29) is 16.2 Å². The summed E-state index contributed by atoms with van der Waals surface area (Å²) >= 11 is 17.7. The van der Waals surface area contributed by atoms with E-state index in [1.165, 1.54) is 12.1 Å². The van der Waals surface area contributed by atoms with Crippen LogP contribution in [0.25, 0.3) is 16.9 Å². The molecule has 3 N–H and O–H groups in total. The Balaban J connectivity index is 1.55. The van der Waals surface area contributed by atoms with Crippen molar-refractivity contribution in [1.29, 1.82) is 0 Å². The number of amides is 2. The first-order valence-corrected chi connectivity index (χ1v) is 10.7. The highest BCUT2D eigenvalue weighted by Crippen LogP contribution is 2.25. The van der Waals surface area contributed by atoms with E-state index >= 15 is 0 Å². The number of carbonyl (C=O) groups excluding carboxylic acids is 1. The number of nitrogens with zero attached hydrogens (tertiary/aromatic N) is 4. The summed E-state index contributed by atoms with van der Waals surface area (Å²) in [5.74, 6) is 0.624. The second-order valence-corrected chi connectivity index (χ2v) is 8.44. The van der Waals surface area contributed by atoms with E-state index in [1.54, 1.807) is 4.52 Å². The van der Waals surface area contributed by atoms with Crippen molar-refractivity contribution in [3.05, 3.63) is 69.6 Å². The van der Waals surface area contributed by atoms with Crippen molar-refractivity contribution in [2.45, 2.75) is 19.8 Å². The van der Waals surface area contributed by atoms with E-state index in [0.29, 0.717) is 22.2 Å². The van der Waals surface area contributed by atoms with Gasteiger partial charge in [-0.25, -0.2) is 19.3 Å². The molecule has 1 aromatic carbocycles. The lowest BCUT2D eigenvalue weighted by molar-refractivity contribution is 0.254. The lowest BCUT2D eigenvalue weighted by Gasteiger charge is -2.13. The fourth-order valence-corrected chi connectivity index (χ4v) is 3.64. The number of carbonyl (C=O) groups is 1. The third-order valence-corrected chi connectivity index (χ3v) is 5.15. The molecule has 0 aliphatic heterocycles. The van der Waals surface area contributed by atoms with Crippen molar-refractivity contribution >= 4 is 58.0 Å². The molecule has 0 aliphatic rings. The highest BCUT2D eigenvalue weighted by atomic mass is 35.5. The van der Waals surface area contributed by atoms with Crippen molar-refractivity contribution in [2.75, 3.05) is 10.7 Å². The molecule has 0 saturated heterocycles. The molecule has 3 aromatic heterocycles. The van der Waals surface area contributed by atoms with Gasteiger partial charge in [0.25, 0.3) is 0 Å². The number of nitrogens with one attached hydrogen (secondary N) is 3. The van der Waals surface area contributed by atoms with Crippen LogP contribution in [0.2, 0.25) is 15.3 Å². The molecule has 0 radical (unpaired) electrons. The maximum Gasteiger partial charge on any atom is 0.337 e. The Bertz CT molecular complexity index is 1270. The van der Waals surface area contributed by atoms with Crippen LogP contribution in [0, 0.1) is 0 Å². The summed E-state index contributed by atoms with van der Waals surface area (Å²) in [7, 11) is 0. The first-order chi connectivity index (χ1) is 15.3. The molecule has 32 heavy (non-hydrogen) atoms. The summed E-state index contributed by atoms with van der Waals surface area (Å²) in [5.41, 5.74) is 9.04. The van der Waals surface area contributed by atoms with E-state index < -0.39 is 6.03 Å². The van der Waals surface area contributed by atoms with Gasteiger partial charge in [0.2, 0.25) is 0 Å². The minimum atomic E-state index is -0.522. The molecule has 2 amide bonds. The fourth-order valence-electron chi connectivity index (χ4n) is 3.05. The van der Waals surface area contributed by atoms with Gasteiger partial charge in [-0.15, -0.1) is 0 Å². The standard InChI is InChI=1S/C21H18Cl3N7O/c1-11(2)16-10-19(28-29-21(32)25-14-7-17(23)26-18(24)8-14)27-20-9-15(30-31(16)20)12-3-5-13(22)6-4-12/h3-11H,1-2H3,(H,27,28)(H2,25,26,29,32). The molecule has 0 unspecified atom stereocenters. The average molecular weight is 491 g/mol. The number of halogens is 3. The number of pyridine rings is 1. The Morgan fingerprint density at radius 2 is 1.66 bits per heavy atom. The number of hydrogen-bond donors (Lipinski definition) is 3. The lowest BCUT2D eigenvalue weighted by atomic mass is 10.1.